The SMILES string of the molecule is CC1(C)OB(c2c(Nc3ccccc3)sc(N)c2-c2ccccc2)OC1(C)C. The largest absolute Gasteiger partial charge is 0.498 e. The lowest BCUT2D eigenvalue weighted by atomic mass is 9.75. The summed E-state index contributed by atoms with van der Waals surface area (Å²) in [6.45, 7) is 8.26. The average Bonchev–Trinajstić information content (AvgIpc) is 3.08. The number of para-hydroxylation sites is 1. The van der Waals surface area contributed by atoms with Gasteiger partial charge in [0.2, 0.25) is 0 Å². The zero-order chi connectivity index (χ0) is 19.9. The van der Waals surface area contributed by atoms with Crippen molar-refractivity contribution < 1.29 is 9.31 Å². The molecule has 0 spiro atoms. The Labute approximate surface area is 170 Å². The molecular formula is C22H25BN2O2S. The summed E-state index contributed by atoms with van der Waals surface area (Å²) in [6.07, 6.45) is 0. The van der Waals surface area contributed by atoms with Crippen molar-refractivity contribution in [2.24, 2.45) is 0 Å². The first-order valence-corrected chi connectivity index (χ1v) is 10.3. The number of anilines is 3. The Morgan fingerprint density at radius 1 is 0.857 bits per heavy atom. The lowest BCUT2D eigenvalue weighted by Crippen LogP contribution is -2.41. The summed E-state index contributed by atoms with van der Waals surface area (Å²) >= 11 is 1.52. The predicted molar refractivity (Wildman–Crippen MR) is 120 cm³/mol. The summed E-state index contributed by atoms with van der Waals surface area (Å²) in [5, 5.41) is 5.20. The molecule has 1 saturated heterocycles. The van der Waals surface area contributed by atoms with Crippen LogP contribution in [0.25, 0.3) is 11.1 Å². The highest BCUT2D eigenvalue weighted by atomic mass is 32.1. The molecular weight excluding hydrogens is 367 g/mol. The number of hydrogen-bond donors (Lipinski definition) is 2. The van der Waals surface area contributed by atoms with Crippen molar-refractivity contribution in [2.45, 2.75) is 38.9 Å². The Morgan fingerprint density at radius 2 is 1.39 bits per heavy atom. The Balaban J connectivity index is 1.84. The van der Waals surface area contributed by atoms with Crippen LogP contribution in [-0.2, 0) is 9.31 Å². The number of rotatable bonds is 4. The van der Waals surface area contributed by atoms with E-state index in [1.54, 1.807) is 0 Å². The van der Waals surface area contributed by atoms with Crippen LogP contribution in [0.2, 0.25) is 0 Å². The monoisotopic (exact) mass is 392 g/mol. The summed E-state index contributed by atoms with van der Waals surface area (Å²) in [5.41, 5.74) is 9.64. The minimum atomic E-state index is -0.500. The topological polar surface area (TPSA) is 56.5 Å². The summed E-state index contributed by atoms with van der Waals surface area (Å²) in [4.78, 5) is 0. The molecule has 2 heterocycles. The van der Waals surface area contributed by atoms with Crippen molar-refractivity contribution in [2.75, 3.05) is 11.1 Å². The molecule has 0 aliphatic carbocycles. The van der Waals surface area contributed by atoms with Gasteiger partial charge in [-0.2, -0.15) is 0 Å². The molecule has 0 unspecified atom stereocenters. The zero-order valence-electron chi connectivity index (χ0n) is 16.7. The number of nitrogen functional groups attached to an aromatic ring is 1. The van der Waals surface area contributed by atoms with E-state index in [0.29, 0.717) is 0 Å². The van der Waals surface area contributed by atoms with E-state index in [0.717, 1.165) is 32.3 Å². The van der Waals surface area contributed by atoms with Crippen LogP contribution >= 0.6 is 11.3 Å². The van der Waals surface area contributed by atoms with Crippen LogP contribution in [0.5, 0.6) is 0 Å². The van der Waals surface area contributed by atoms with E-state index in [2.05, 4.69) is 45.1 Å². The number of nitrogens with two attached hydrogens (primary N) is 1. The molecule has 0 amide bonds. The number of nitrogens with one attached hydrogen (secondary N) is 1. The van der Waals surface area contributed by atoms with Gasteiger partial charge in [-0.05, 0) is 45.4 Å². The predicted octanol–water partition coefficient (Wildman–Crippen LogP) is 5.04. The molecule has 4 nitrogen and oxygen atoms in total. The van der Waals surface area contributed by atoms with Crippen LogP contribution in [0.3, 0.4) is 0 Å². The highest BCUT2D eigenvalue weighted by molar-refractivity contribution is 7.22. The molecule has 0 bridgehead atoms. The van der Waals surface area contributed by atoms with Gasteiger partial charge in [-0.15, -0.1) is 11.3 Å². The molecule has 3 aromatic rings. The lowest BCUT2D eigenvalue weighted by Gasteiger charge is -2.32. The molecule has 1 aliphatic rings. The van der Waals surface area contributed by atoms with E-state index in [4.69, 9.17) is 15.0 Å². The molecule has 1 fully saturated rings. The average molecular weight is 392 g/mol. The van der Waals surface area contributed by atoms with Gasteiger partial charge in [-0.3, -0.25) is 0 Å². The Kier molecular flexibility index (Phi) is 4.74. The first-order valence-electron chi connectivity index (χ1n) is 9.44. The van der Waals surface area contributed by atoms with Crippen molar-refractivity contribution in [1.29, 1.82) is 0 Å². The summed E-state index contributed by atoms with van der Waals surface area (Å²) in [7, 11) is -0.500. The van der Waals surface area contributed by atoms with Gasteiger partial charge in [-0.25, -0.2) is 0 Å². The van der Waals surface area contributed by atoms with Crippen LogP contribution < -0.4 is 16.5 Å². The quantitative estimate of drug-likeness (QED) is 0.611. The second-order valence-corrected chi connectivity index (χ2v) is 9.08. The Hall–Kier alpha value is -2.28. The molecule has 144 valence electrons. The van der Waals surface area contributed by atoms with E-state index in [1.165, 1.54) is 11.3 Å². The third-order valence-electron chi connectivity index (χ3n) is 5.56. The standard InChI is InChI=1S/C22H25BN2O2S/c1-21(2)22(3,4)27-23(26-21)18-17(15-11-7-5-8-12-15)19(24)28-20(18)25-16-13-9-6-10-14-16/h5-14,25H,24H2,1-4H3. The van der Waals surface area contributed by atoms with Crippen LogP contribution in [0.1, 0.15) is 27.7 Å². The normalized spacial score (nSPS) is 17.6. The molecule has 3 N–H and O–H groups in total. The number of benzene rings is 2. The third-order valence-corrected chi connectivity index (χ3v) is 6.51. The fourth-order valence-corrected chi connectivity index (χ4v) is 4.32. The van der Waals surface area contributed by atoms with Crippen LogP contribution in [0.15, 0.2) is 60.7 Å². The maximum atomic E-state index is 6.50. The first-order chi connectivity index (χ1) is 13.3. The number of hydrogen-bond acceptors (Lipinski definition) is 5. The smallest absolute Gasteiger partial charge is 0.399 e. The zero-order valence-corrected chi connectivity index (χ0v) is 17.5. The number of thiophene rings is 1. The maximum Gasteiger partial charge on any atom is 0.498 e. The maximum absolute atomic E-state index is 6.50. The van der Waals surface area contributed by atoms with Crippen molar-refractivity contribution in [3.8, 4) is 11.1 Å². The molecule has 0 atom stereocenters. The fraction of sp³-hybridized carbons (Fsp3) is 0.273. The first kappa shape index (κ1) is 19.1. The van der Waals surface area contributed by atoms with E-state index in [-0.39, 0.29) is 0 Å². The lowest BCUT2D eigenvalue weighted by molar-refractivity contribution is 0.00578. The van der Waals surface area contributed by atoms with Gasteiger partial charge >= 0.3 is 7.12 Å². The van der Waals surface area contributed by atoms with Gasteiger partial charge in [0.05, 0.1) is 21.2 Å². The second kappa shape index (κ2) is 6.96. The van der Waals surface area contributed by atoms with Crippen molar-refractivity contribution in [1.82, 2.24) is 0 Å². The van der Waals surface area contributed by atoms with Gasteiger partial charge in [0.1, 0.15) is 0 Å². The molecule has 28 heavy (non-hydrogen) atoms. The molecule has 2 aromatic carbocycles. The molecule has 1 aromatic heterocycles. The summed E-state index contributed by atoms with van der Waals surface area (Å²) < 4.78 is 12.8. The van der Waals surface area contributed by atoms with Crippen molar-refractivity contribution >= 4 is 39.6 Å². The summed E-state index contributed by atoms with van der Waals surface area (Å²) in [5.74, 6) is 0. The van der Waals surface area contributed by atoms with Gasteiger partial charge < -0.3 is 20.4 Å². The van der Waals surface area contributed by atoms with Crippen molar-refractivity contribution in [3.05, 3.63) is 60.7 Å². The van der Waals surface area contributed by atoms with E-state index >= 15 is 0 Å². The third kappa shape index (κ3) is 3.32. The van der Waals surface area contributed by atoms with E-state index < -0.39 is 18.3 Å². The van der Waals surface area contributed by atoms with Crippen LogP contribution in [0, 0.1) is 0 Å². The fourth-order valence-electron chi connectivity index (χ4n) is 3.30. The van der Waals surface area contributed by atoms with Crippen LogP contribution in [0.4, 0.5) is 15.7 Å². The van der Waals surface area contributed by atoms with Gasteiger partial charge in [0.15, 0.2) is 0 Å². The molecule has 0 saturated carbocycles. The highest BCUT2D eigenvalue weighted by Crippen LogP contribution is 2.42. The highest BCUT2D eigenvalue weighted by Gasteiger charge is 2.53. The Bertz CT molecular complexity index is 955. The van der Waals surface area contributed by atoms with Crippen molar-refractivity contribution in [3.63, 3.8) is 0 Å². The van der Waals surface area contributed by atoms with Gasteiger partial charge in [0.25, 0.3) is 0 Å². The molecule has 0 radical (unpaired) electrons. The molecule has 1 aliphatic heterocycles. The molecule has 6 heteroatoms. The summed E-state index contributed by atoms with van der Waals surface area (Å²) in [6, 6.07) is 20.3. The second-order valence-electron chi connectivity index (χ2n) is 8.03. The van der Waals surface area contributed by atoms with Gasteiger partial charge in [0, 0.05) is 16.7 Å². The minimum Gasteiger partial charge on any atom is -0.399 e. The van der Waals surface area contributed by atoms with Crippen LogP contribution in [-0.4, -0.2) is 18.3 Å². The minimum absolute atomic E-state index is 0.424. The molecule has 4 rings (SSSR count). The van der Waals surface area contributed by atoms with E-state index in [9.17, 15) is 0 Å². The van der Waals surface area contributed by atoms with Gasteiger partial charge in [-0.1, -0.05) is 48.5 Å². The Morgan fingerprint density at radius 3 is 1.96 bits per heavy atom. The van der Waals surface area contributed by atoms with E-state index in [1.807, 2.05) is 48.5 Å².